The molecule has 0 N–H and O–H groups in total. The van der Waals surface area contributed by atoms with Gasteiger partial charge in [0.1, 0.15) is 6.42 Å². The smallest absolute Gasteiger partial charge is 0.314 e. The Balaban J connectivity index is 3.61. The van der Waals surface area contributed by atoms with Gasteiger partial charge in [-0.05, 0) is 6.92 Å². The van der Waals surface area contributed by atoms with E-state index >= 15 is 0 Å². The molecule has 0 aliphatic heterocycles. The molecule has 64 valence electrons. The van der Waals surface area contributed by atoms with Gasteiger partial charge in [-0.2, -0.15) is 0 Å². The van der Waals surface area contributed by atoms with Crippen LogP contribution in [-0.2, 0) is 14.3 Å². The van der Waals surface area contributed by atoms with E-state index in [1.807, 2.05) is 0 Å². The molecule has 11 heavy (non-hydrogen) atoms. The van der Waals surface area contributed by atoms with E-state index in [1.54, 1.807) is 0 Å². The Morgan fingerprint density at radius 2 is 2.09 bits per heavy atom. The van der Waals surface area contributed by atoms with Crippen LogP contribution in [0.2, 0.25) is 0 Å². The summed E-state index contributed by atoms with van der Waals surface area (Å²) in [5.74, 6) is -1.18. The number of hydrogen-bond donors (Lipinski definition) is 0. The molecule has 0 aliphatic carbocycles. The molecule has 0 heterocycles. The van der Waals surface area contributed by atoms with Gasteiger partial charge in [0, 0.05) is 0 Å². The van der Waals surface area contributed by atoms with Crippen molar-refractivity contribution in [3.8, 4) is 0 Å². The molecule has 1 atom stereocenters. The second-order valence-corrected chi connectivity index (χ2v) is 2.76. The lowest BCUT2D eigenvalue weighted by molar-refractivity contribution is -0.146. The lowest BCUT2D eigenvalue weighted by Gasteiger charge is -2.03. The molecular weight excluding hydrogens is 191 g/mol. The summed E-state index contributed by atoms with van der Waals surface area (Å²) in [6.45, 7) is 1.49. The molecule has 0 bridgehead atoms. The van der Waals surface area contributed by atoms with Gasteiger partial charge in [-0.3, -0.25) is 9.59 Å². The summed E-state index contributed by atoms with van der Waals surface area (Å²) in [4.78, 5) is 21.2. The highest BCUT2D eigenvalue weighted by Gasteiger charge is 2.11. The average molecular weight is 199 g/mol. The van der Waals surface area contributed by atoms with Crippen LogP contribution in [0.4, 0.5) is 0 Å². The molecular formula is C6H8Cl2O3. The molecule has 0 aromatic rings. The van der Waals surface area contributed by atoms with Gasteiger partial charge in [-0.25, -0.2) is 0 Å². The lowest BCUT2D eigenvalue weighted by atomic mass is 10.3. The van der Waals surface area contributed by atoms with Crippen molar-refractivity contribution in [2.24, 2.45) is 0 Å². The summed E-state index contributed by atoms with van der Waals surface area (Å²) in [5, 5.41) is 0. The first kappa shape index (κ1) is 10.7. The van der Waals surface area contributed by atoms with Gasteiger partial charge < -0.3 is 4.74 Å². The van der Waals surface area contributed by atoms with Gasteiger partial charge >= 0.3 is 5.97 Å². The molecule has 0 fully saturated rings. The van der Waals surface area contributed by atoms with E-state index in [4.69, 9.17) is 23.2 Å². The average Bonchev–Trinajstić information content (AvgIpc) is 1.85. The van der Waals surface area contributed by atoms with Crippen LogP contribution in [-0.4, -0.2) is 23.2 Å². The van der Waals surface area contributed by atoms with E-state index in [9.17, 15) is 9.59 Å². The Morgan fingerprint density at radius 3 is 2.45 bits per heavy atom. The van der Waals surface area contributed by atoms with Crippen LogP contribution in [0.15, 0.2) is 0 Å². The van der Waals surface area contributed by atoms with Crippen LogP contribution in [0.5, 0.6) is 0 Å². The van der Waals surface area contributed by atoms with Crippen molar-refractivity contribution in [2.45, 2.75) is 18.9 Å². The number of alkyl halides is 2. The zero-order valence-electron chi connectivity index (χ0n) is 5.97. The molecule has 0 spiro atoms. The van der Waals surface area contributed by atoms with Crippen molar-refractivity contribution in [3.05, 3.63) is 0 Å². The highest BCUT2D eigenvalue weighted by molar-refractivity contribution is 6.29. The third-order valence-corrected chi connectivity index (χ3v) is 1.17. The van der Waals surface area contributed by atoms with Crippen LogP contribution in [0.25, 0.3) is 0 Å². The third-order valence-electron chi connectivity index (χ3n) is 0.784. The van der Waals surface area contributed by atoms with Crippen LogP contribution in [0.3, 0.4) is 0 Å². The second kappa shape index (κ2) is 5.38. The van der Waals surface area contributed by atoms with Crippen LogP contribution >= 0.6 is 23.2 Å². The van der Waals surface area contributed by atoms with Crippen molar-refractivity contribution in [1.82, 2.24) is 0 Å². The minimum absolute atomic E-state index is 0.175. The molecule has 0 amide bonds. The summed E-state index contributed by atoms with van der Waals surface area (Å²) < 4.78 is 4.47. The standard InChI is InChI=1S/C6H8Cl2O3/c1-4(8)11-6(10)2-5(9)3-7/h4H,2-3H2,1H3. The molecule has 0 aromatic heterocycles. The van der Waals surface area contributed by atoms with Gasteiger partial charge in [0.2, 0.25) is 0 Å². The molecule has 0 aliphatic rings. The fraction of sp³-hybridized carbons (Fsp3) is 0.667. The molecule has 0 aromatic carbocycles. The largest absolute Gasteiger partial charge is 0.446 e. The van der Waals surface area contributed by atoms with E-state index in [-0.39, 0.29) is 18.1 Å². The molecule has 5 heteroatoms. The minimum Gasteiger partial charge on any atom is -0.446 e. The van der Waals surface area contributed by atoms with E-state index in [0.717, 1.165) is 0 Å². The monoisotopic (exact) mass is 198 g/mol. The zero-order valence-corrected chi connectivity index (χ0v) is 7.48. The maximum absolute atomic E-state index is 10.6. The first-order valence-electron chi connectivity index (χ1n) is 2.97. The van der Waals surface area contributed by atoms with Crippen molar-refractivity contribution >= 4 is 35.0 Å². The number of ketones is 1. The lowest BCUT2D eigenvalue weighted by Crippen LogP contribution is -2.14. The van der Waals surface area contributed by atoms with Crippen LogP contribution in [0, 0.1) is 0 Å². The SMILES string of the molecule is CC(Cl)OC(=O)CC(=O)CCl. The summed E-state index contributed by atoms with van der Waals surface area (Å²) >= 11 is 10.5. The van der Waals surface area contributed by atoms with Gasteiger partial charge in [-0.15, -0.1) is 11.6 Å². The highest BCUT2D eigenvalue weighted by Crippen LogP contribution is 1.99. The van der Waals surface area contributed by atoms with Gasteiger partial charge in [0.05, 0.1) is 5.88 Å². The minimum atomic E-state index is -0.703. The molecule has 0 radical (unpaired) electrons. The Morgan fingerprint density at radius 1 is 1.55 bits per heavy atom. The van der Waals surface area contributed by atoms with E-state index in [0.29, 0.717) is 0 Å². The quantitative estimate of drug-likeness (QED) is 0.389. The molecule has 1 unspecified atom stereocenters. The third kappa shape index (κ3) is 6.13. The van der Waals surface area contributed by atoms with Gasteiger partial charge in [0.15, 0.2) is 11.3 Å². The summed E-state index contributed by atoms with van der Waals surface area (Å²) in [6.07, 6.45) is -0.305. The number of carbonyl (C=O) groups is 2. The predicted octanol–water partition coefficient (Wildman–Crippen LogP) is 1.31. The zero-order chi connectivity index (χ0) is 8.85. The maximum Gasteiger partial charge on any atom is 0.314 e. The van der Waals surface area contributed by atoms with Crippen LogP contribution < -0.4 is 0 Å². The normalized spacial score (nSPS) is 12.3. The topological polar surface area (TPSA) is 43.4 Å². The summed E-state index contributed by atoms with van der Waals surface area (Å²) in [6, 6.07) is 0. The fourth-order valence-corrected chi connectivity index (χ4v) is 0.625. The number of rotatable bonds is 4. The Hall–Kier alpha value is -0.280. The predicted molar refractivity (Wildman–Crippen MR) is 41.8 cm³/mol. The first-order chi connectivity index (χ1) is 5.06. The van der Waals surface area contributed by atoms with Crippen molar-refractivity contribution < 1.29 is 14.3 Å². The van der Waals surface area contributed by atoms with Gasteiger partial charge in [-0.1, -0.05) is 11.6 Å². The Bertz CT molecular complexity index is 156. The molecule has 0 rings (SSSR count). The number of halogens is 2. The second-order valence-electron chi connectivity index (χ2n) is 1.88. The Labute approximate surface area is 74.6 Å². The van der Waals surface area contributed by atoms with Gasteiger partial charge in [0.25, 0.3) is 0 Å². The number of esters is 1. The number of hydrogen-bond acceptors (Lipinski definition) is 3. The number of ether oxygens (including phenoxy) is 1. The van der Waals surface area contributed by atoms with Crippen molar-refractivity contribution in [2.75, 3.05) is 5.88 Å². The molecule has 0 saturated heterocycles. The van der Waals surface area contributed by atoms with E-state index in [2.05, 4.69) is 4.74 Å². The Kier molecular flexibility index (Phi) is 5.24. The fourth-order valence-electron chi connectivity index (χ4n) is 0.431. The number of Topliss-reactive ketones (excluding diaryl/α,β-unsaturated/α-hetero) is 1. The van der Waals surface area contributed by atoms with Crippen molar-refractivity contribution in [3.63, 3.8) is 0 Å². The summed E-state index contributed by atoms with van der Waals surface area (Å²) in [5.41, 5.74) is -0.703. The maximum atomic E-state index is 10.6. The number of carbonyl (C=O) groups excluding carboxylic acids is 2. The van der Waals surface area contributed by atoms with E-state index in [1.165, 1.54) is 6.92 Å². The van der Waals surface area contributed by atoms with Crippen LogP contribution in [0.1, 0.15) is 13.3 Å². The highest BCUT2D eigenvalue weighted by atomic mass is 35.5. The van der Waals surface area contributed by atoms with E-state index < -0.39 is 11.5 Å². The first-order valence-corrected chi connectivity index (χ1v) is 3.94. The molecule has 3 nitrogen and oxygen atoms in total. The van der Waals surface area contributed by atoms with Crippen molar-refractivity contribution in [1.29, 1.82) is 0 Å². The summed E-state index contributed by atoms with van der Waals surface area (Å²) in [7, 11) is 0. The molecule has 0 saturated carbocycles.